The van der Waals surface area contributed by atoms with E-state index in [2.05, 4.69) is 18.7 Å². The highest BCUT2D eigenvalue weighted by Crippen LogP contribution is 2.35. The van der Waals surface area contributed by atoms with E-state index in [0.717, 1.165) is 18.7 Å². The molecule has 0 atom stereocenters. The zero-order valence-electron chi connectivity index (χ0n) is 13.2. The second-order valence-corrected chi connectivity index (χ2v) is 6.81. The summed E-state index contributed by atoms with van der Waals surface area (Å²) in [4.78, 5) is 2.49. The molecule has 0 heterocycles. The van der Waals surface area contributed by atoms with Crippen molar-refractivity contribution >= 4 is 11.6 Å². The van der Waals surface area contributed by atoms with Gasteiger partial charge in [0.2, 0.25) is 0 Å². The molecule has 1 fully saturated rings. The van der Waals surface area contributed by atoms with Crippen LogP contribution in [0.15, 0.2) is 12.1 Å². The minimum absolute atomic E-state index is 0.216. The number of hydrogen-bond acceptors (Lipinski definition) is 3. The Bertz CT molecular complexity index is 470. The van der Waals surface area contributed by atoms with Crippen LogP contribution in [0.3, 0.4) is 0 Å². The lowest BCUT2D eigenvalue weighted by molar-refractivity contribution is 0.166. The van der Waals surface area contributed by atoms with E-state index < -0.39 is 0 Å². The van der Waals surface area contributed by atoms with Gasteiger partial charge < -0.3 is 9.84 Å². The summed E-state index contributed by atoms with van der Waals surface area (Å²) < 4.78 is 5.20. The third-order valence-electron chi connectivity index (χ3n) is 4.15. The average molecular weight is 312 g/mol. The molecule has 1 aliphatic rings. The summed E-state index contributed by atoms with van der Waals surface area (Å²) in [5.41, 5.74) is 0.854. The molecule has 1 N–H and O–H groups in total. The summed E-state index contributed by atoms with van der Waals surface area (Å²) in [6, 6.07) is 4.13. The van der Waals surface area contributed by atoms with Crippen LogP contribution in [0, 0.1) is 5.92 Å². The Hall–Kier alpha value is -0.930. The van der Waals surface area contributed by atoms with Crippen LogP contribution in [0.5, 0.6) is 11.5 Å². The standard InChI is InChI=1S/C17H26ClNO2/c1-12(2)10-19(15-6-4-5-7-15)11-13-8-14(18)9-16(21-3)17(13)20/h8-9,12,15,20H,4-7,10-11H2,1-3H3. The first kappa shape index (κ1) is 16.4. The molecule has 3 nitrogen and oxygen atoms in total. The van der Waals surface area contributed by atoms with Crippen LogP contribution in [0.4, 0.5) is 0 Å². The van der Waals surface area contributed by atoms with Gasteiger partial charge in [-0.25, -0.2) is 0 Å². The second kappa shape index (κ2) is 7.37. The monoisotopic (exact) mass is 311 g/mol. The number of phenols is 1. The van der Waals surface area contributed by atoms with Crippen LogP contribution >= 0.6 is 11.6 Å². The molecule has 0 unspecified atom stereocenters. The first-order valence-corrected chi connectivity index (χ1v) is 8.18. The topological polar surface area (TPSA) is 32.7 Å². The smallest absolute Gasteiger partial charge is 0.162 e. The van der Waals surface area contributed by atoms with Crippen molar-refractivity contribution in [2.75, 3.05) is 13.7 Å². The lowest BCUT2D eigenvalue weighted by Crippen LogP contribution is -2.35. The number of halogens is 1. The highest BCUT2D eigenvalue weighted by molar-refractivity contribution is 6.30. The van der Waals surface area contributed by atoms with Crippen LogP contribution in [-0.4, -0.2) is 29.7 Å². The molecule has 0 aromatic heterocycles. The van der Waals surface area contributed by atoms with Crippen molar-refractivity contribution < 1.29 is 9.84 Å². The summed E-state index contributed by atoms with van der Waals surface area (Å²) in [6.45, 7) is 6.24. The molecule has 2 rings (SSSR count). The van der Waals surface area contributed by atoms with E-state index in [-0.39, 0.29) is 5.75 Å². The Morgan fingerprint density at radius 2 is 2.00 bits per heavy atom. The first-order valence-electron chi connectivity index (χ1n) is 7.80. The van der Waals surface area contributed by atoms with Crippen molar-refractivity contribution in [3.8, 4) is 11.5 Å². The van der Waals surface area contributed by atoms with Gasteiger partial charge in [0.15, 0.2) is 11.5 Å². The number of hydrogen-bond donors (Lipinski definition) is 1. The Labute approximate surface area is 132 Å². The number of phenolic OH excluding ortho intramolecular Hbond substituents is 1. The lowest BCUT2D eigenvalue weighted by atomic mass is 10.1. The van der Waals surface area contributed by atoms with Gasteiger partial charge in [0, 0.05) is 35.8 Å². The Morgan fingerprint density at radius 3 is 2.57 bits per heavy atom. The summed E-state index contributed by atoms with van der Waals surface area (Å²) in [6.07, 6.45) is 5.13. The molecule has 0 bridgehead atoms. The van der Waals surface area contributed by atoms with Gasteiger partial charge >= 0.3 is 0 Å². The van der Waals surface area contributed by atoms with Gasteiger partial charge in [-0.3, -0.25) is 4.90 Å². The van der Waals surface area contributed by atoms with Crippen molar-refractivity contribution in [1.82, 2.24) is 4.90 Å². The highest BCUT2D eigenvalue weighted by atomic mass is 35.5. The normalized spacial score (nSPS) is 16.1. The molecule has 0 saturated heterocycles. The first-order chi connectivity index (χ1) is 10.0. The van der Waals surface area contributed by atoms with Crippen molar-refractivity contribution in [2.45, 2.75) is 52.1 Å². The van der Waals surface area contributed by atoms with Crippen LogP contribution in [-0.2, 0) is 6.54 Å². The predicted molar refractivity (Wildman–Crippen MR) is 87.2 cm³/mol. The Kier molecular flexibility index (Phi) is 5.77. The molecule has 118 valence electrons. The van der Waals surface area contributed by atoms with Gasteiger partial charge in [-0.05, 0) is 24.8 Å². The summed E-state index contributed by atoms with van der Waals surface area (Å²) in [5.74, 6) is 1.27. The maximum atomic E-state index is 10.3. The molecule has 0 radical (unpaired) electrons. The van der Waals surface area contributed by atoms with Crippen LogP contribution in [0.25, 0.3) is 0 Å². The lowest BCUT2D eigenvalue weighted by Gasteiger charge is -2.31. The van der Waals surface area contributed by atoms with Crippen LogP contribution in [0.2, 0.25) is 5.02 Å². The van der Waals surface area contributed by atoms with Gasteiger partial charge in [-0.2, -0.15) is 0 Å². The predicted octanol–water partition coefficient (Wildman–Crippen LogP) is 4.45. The molecule has 0 spiro atoms. The minimum atomic E-state index is 0.216. The molecule has 0 aliphatic heterocycles. The fraction of sp³-hybridized carbons (Fsp3) is 0.647. The molecular weight excluding hydrogens is 286 g/mol. The van der Waals surface area contributed by atoms with Crippen molar-refractivity contribution in [3.05, 3.63) is 22.7 Å². The molecule has 1 aromatic rings. The number of rotatable bonds is 6. The van der Waals surface area contributed by atoms with Gasteiger partial charge in [0.1, 0.15) is 0 Å². The summed E-state index contributed by atoms with van der Waals surface area (Å²) >= 11 is 6.14. The van der Waals surface area contributed by atoms with Crippen LogP contribution in [0.1, 0.15) is 45.1 Å². The Morgan fingerprint density at radius 1 is 1.33 bits per heavy atom. The van der Waals surface area contributed by atoms with E-state index in [1.54, 1.807) is 13.2 Å². The van der Waals surface area contributed by atoms with Crippen molar-refractivity contribution in [3.63, 3.8) is 0 Å². The van der Waals surface area contributed by atoms with Crippen molar-refractivity contribution in [1.29, 1.82) is 0 Å². The zero-order valence-corrected chi connectivity index (χ0v) is 14.0. The fourth-order valence-electron chi connectivity index (χ4n) is 3.20. The molecule has 1 aromatic carbocycles. The maximum Gasteiger partial charge on any atom is 0.162 e. The van der Waals surface area contributed by atoms with E-state index in [9.17, 15) is 5.11 Å². The van der Waals surface area contributed by atoms with E-state index in [4.69, 9.17) is 16.3 Å². The van der Waals surface area contributed by atoms with Gasteiger partial charge in [-0.15, -0.1) is 0 Å². The van der Waals surface area contributed by atoms with Gasteiger partial charge in [0.25, 0.3) is 0 Å². The largest absolute Gasteiger partial charge is 0.504 e. The van der Waals surface area contributed by atoms with E-state index in [1.165, 1.54) is 25.7 Å². The molecule has 1 saturated carbocycles. The van der Waals surface area contributed by atoms with Crippen molar-refractivity contribution in [2.24, 2.45) is 5.92 Å². The maximum absolute atomic E-state index is 10.3. The quantitative estimate of drug-likeness (QED) is 0.842. The number of nitrogens with zero attached hydrogens (tertiary/aromatic N) is 1. The molecule has 4 heteroatoms. The van der Waals surface area contributed by atoms with E-state index >= 15 is 0 Å². The van der Waals surface area contributed by atoms with E-state index in [1.807, 2.05) is 6.07 Å². The summed E-state index contributed by atoms with van der Waals surface area (Å²) in [5, 5.41) is 10.9. The van der Waals surface area contributed by atoms with E-state index in [0.29, 0.717) is 22.7 Å². The summed E-state index contributed by atoms with van der Waals surface area (Å²) in [7, 11) is 1.55. The highest BCUT2D eigenvalue weighted by Gasteiger charge is 2.24. The number of benzene rings is 1. The molecule has 21 heavy (non-hydrogen) atoms. The fourth-order valence-corrected chi connectivity index (χ4v) is 3.44. The number of methoxy groups -OCH3 is 1. The average Bonchev–Trinajstić information content (AvgIpc) is 2.95. The minimum Gasteiger partial charge on any atom is -0.504 e. The number of aromatic hydroxyl groups is 1. The van der Waals surface area contributed by atoms with Gasteiger partial charge in [0.05, 0.1) is 7.11 Å². The third-order valence-corrected chi connectivity index (χ3v) is 4.37. The van der Waals surface area contributed by atoms with Gasteiger partial charge in [-0.1, -0.05) is 38.3 Å². The third kappa shape index (κ3) is 4.27. The molecule has 1 aliphatic carbocycles. The Balaban J connectivity index is 2.21. The zero-order chi connectivity index (χ0) is 15.4. The number of ether oxygens (including phenoxy) is 1. The SMILES string of the molecule is COc1cc(Cl)cc(CN(CC(C)C)C2CCCC2)c1O. The molecular formula is C17H26ClNO2. The van der Waals surface area contributed by atoms with Crippen LogP contribution < -0.4 is 4.74 Å². The second-order valence-electron chi connectivity index (χ2n) is 6.38. The molecule has 0 amide bonds.